The molecule has 0 saturated carbocycles. The first kappa shape index (κ1) is 16.1. The van der Waals surface area contributed by atoms with E-state index >= 15 is 0 Å². The van der Waals surface area contributed by atoms with Gasteiger partial charge >= 0.3 is 6.16 Å². The van der Waals surface area contributed by atoms with E-state index < -0.39 is 6.16 Å². The van der Waals surface area contributed by atoms with Crippen LogP contribution < -0.4 is 9.47 Å². The van der Waals surface area contributed by atoms with Gasteiger partial charge in [0.2, 0.25) is 5.75 Å². The van der Waals surface area contributed by atoms with Gasteiger partial charge in [0.05, 0.1) is 6.61 Å². The smallest absolute Gasteiger partial charge is 0.502 e. The van der Waals surface area contributed by atoms with Crippen LogP contribution in [0.15, 0.2) is 12.1 Å². The third kappa shape index (κ3) is 4.64. The summed E-state index contributed by atoms with van der Waals surface area (Å²) < 4.78 is 10.1. The van der Waals surface area contributed by atoms with Crippen molar-refractivity contribution in [2.24, 2.45) is 0 Å². The molecule has 0 bridgehead atoms. The second-order valence-electron chi connectivity index (χ2n) is 4.57. The van der Waals surface area contributed by atoms with Crippen LogP contribution in [0, 0.1) is 0 Å². The van der Waals surface area contributed by atoms with Crippen LogP contribution in [0.3, 0.4) is 0 Å². The summed E-state index contributed by atoms with van der Waals surface area (Å²) in [6.07, 6.45) is 3.34. The third-order valence-corrected chi connectivity index (χ3v) is 2.87. The number of unbranched alkanes of at least 4 members (excludes halogenated alkanes) is 2. The van der Waals surface area contributed by atoms with Gasteiger partial charge in [-0.2, -0.15) is 0 Å². The van der Waals surface area contributed by atoms with Crippen molar-refractivity contribution in [3.05, 3.63) is 17.7 Å². The first-order valence-corrected chi connectivity index (χ1v) is 6.98. The van der Waals surface area contributed by atoms with Gasteiger partial charge in [-0.15, -0.1) is 0 Å². The molecule has 0 atom stereocenters. The summed E-state index contributed by atoms with van der Waals surface area (Å²) in [7, 11) is 0. The Hall–Kier alpha value is -1.91. The predicted octanol–water partition coefficient (Wildman–Crippen LogP) is 3.97. The summed E-state index contributed by atoms with van der Waals surface area (Å²) >= 11 is 0. The van der Waals surface area contributed by atoms with Crippen molar-refractivity contribution in [3.63, 3.8) is 0 Å². The maximum absolute atomic E-state index is 10.6. The average Bonchev–Trinajstić information content (AvgIpc) is 2.41. The minimum atomic E-state index is -1.46. The molecule has 0 aliphatic carbocycles. The molecule has 0 heterocycles. The first-order valence-electron chi connectivity index (χ1n) is 6.98. The summed E-state index contributed by atoms with van der Waals surface area (Å²) in [6, 6.07) is 3.21. The predicted molar refractivity (Wildman–Crippen MR) is 75.8 cm³/mol. The van der Waals surface area contributed by atoms with Crippen LogP contribution in [0.1, 0.15) is 45.1 Å². The fourth-order valence-corrected chi connectivity index (χ4v) is 1.90. The summed E-state index contributed by atoms with van der Waals surface area (Å²) in [5, 5.41) is 18.7. The van der Waals surface area contributed by atoms with Gasteiger partial charge in [-0.25, -0.2) is 4.79 Å². The number of carbonyl (C=O) groups is 1. The fraction of sp³-hybridized carbons (Fsp3) is 0.533. The van der Waals surface area contributed by atoms with E-state index in [1.54, 1.807) is 6.07 Å². The molecule has 5 heteroatoms. The molecule has 20 heavy (non-hydrogen) atoms. The summed E-state index contributed by atoms with van der Waals surface area (Å²) in [4.78, 5) is 10.6. The highest BCUT2D eigenvalue weighted by Gasteiger charge is 2.17. The molecule has 0 unspecified atom stereocenters. The molecule has 0 aliphatic rings. The molecule has 0 aliphatic heterocycles. The maximum Gasteiger partial charge on any atom is 0.511 e. The number of ether oxygens (including phenoxy) is 2. The van der Waals surface area contributed by atoms with Crippen molar-refractivity contribution < 1.29 is 24.5 Å². The molecule has 5 nitrogen and oxygen atoms in total. The zero-order valence-electron chi connectivity index (χ0n) is 12.0. The minimum absolute atomic E-state index is 0.0946. The molecule has 112 valence electrons. The lowest BCUT2D eigenvalue weighted by atomic mass is 10.1. The van der Waals surface area contributed by atoms with Crippen molar-refractivity contribution in [1.29, 1.82) is 0 Å². The van der Waals surface area contributed by atoms with E-state index in [-0.39, 0.29) is 11.5 Å². The van der Waals surface area contributed by atoms with Gasteiger partial charge in [0.25, 0.3) is 0 Å². The van der Waals surface area contributed by atoms with Crippen molar-refractivity contribution in [1.82, 2.24) is 0 Å². The normalized spacial score (nSPS) is 10.3. The van der Waals surface area contributed by atoms with E-state index in [9.17, 15) is 9.90 Å². The molecule has 0 fully saturated rings. The number of hydrogen-bond donors (Lipinski definition) is 2. The summed E-state index contributed by atoms with van der Waals surface area (Å²) in [5.74, 6) is -0.000559. The molecule has 0 radical (unpaired) electrons. The van der Waals surface area contributed by atoms with E-state index in [1.165, 1.54) is 6.07 Å². The number of aromatic hydroxyl groups is 1. The van der Waals surface area contributed by atoms with Crippen LogP contribution in [0.4, 0.5) is 4.79 Å². The molecule has 1 aromatic rings. The lowest BCUT2D eigenvalue weighted by Crippen LogP contribution is -2.05. The van der Waals surface area contributed by atoms with Gasteiger partial charge in [0.1, 0.15) is 0 Å². The molecule has 0 spiro atoms. The average molecular weight is 282 g/mol. The van der Waals surface area contributed by atoms with E-state index in [2.05, 4.69) is 11.7 Å². The number of carboxylic acid groups (broad SMARTS) is 1. The van der Waals surface area contributed by atoms with E-state index in [0.717, 1.165) is 37.7 Å². The molecule has 2 N–H and O–H groups in total. The van der Waals surface area contributed by atoms with Gasteiger partial charge in [-0.05, 0) is 30.9 Å². The maximum atomic E-state index is 10.6. The number of benzene rings is 1. The molecule has 1 aromatic carbocycles. The highest BCUT2D eigenvalue weighted by molar-refractivity contribution is 5.65. The Morgan fingerprint density at radius 1 is 1.20 bits per heavy atom. The Balaban J connectivity index is 2.97. The summed E-state index contributed by atoms with van der Waals surface area (Å²) in [6.45, 7) is 4.55. The van der Waals surface area contributed by atoms with E-state index in [0.29, 0.717) is 12.4 Å². The van der Waals surface area contributed by atoms with Gasteiger partial charge in [-0.3, -0.25) is 0 Å². The number of phenolic OH excluding ortho intramolecular Hbond substituents is 1. The summed E-state index contributed by atoms with van der Waals surface area (Å²) in [5.41, 5.74) is 0.877. The lowest BCUT2D eigenvalue weighted by molar-refractivity contribution is 0.142. The number of hydrogen-bond acceptors (Lipinski definition) is 4. The minimum Gasteiger partial charge on any atom is -0.502 e. The fourth-order valence-electron chi connectivity index (χ4n) is 1.90. The topological polar surface area (TPSA) is 76.0 Å². The second kappa shape index (κ2) is 8.30. The van der Waals surface area contributed by atoms with Crippen molar-refractivity contribution in [2.45, 2.75) is 46.0 Å². The highest BCUT2D eigenvalue weighted by Crippen LogP contribution is 2.40. The third-order valence-electron chi connectivity index (χ3n) is 2.87. The van der Waals surface area contributed by atoms with Crippen molar-refractivity contribution in [3.8, 4) is 17.2 Å². The Morgan fingerprint density at radius 3 is 2.55 bits per heavy atom. The van der Waals surface area contributed by atoms with Gasteiger partial charge in [0.15, 0.2) is 11.5 Å². The lowest BCUT2D eigenvalue weighted by Gasteiger charge is -2.14. The van der Waals surface area contributed by atoms with Crippen molar-refractivity contribution in [2.75, 3.05) is 6.61 Å². The van der Waals surface area contributed by atoms with Crippen molar-refractivity contribution >= 4 is 6.16 Å². The Labute approximate surface area is 119 Å². The van der Waals surface area contributed by atoms with Crippen LogP contribution in [-0.2, 0) is 6.42 Å². The van der Waals surface area contributed by atoms with Crippen LogP contribution >= 0.6 is 0 Å². The van der Waals surface area contributed by atoms with Crippen LogP contribution in [-0.4, -0.2) is 23.0 Å². The van der Waals surface area contributed by atoms with Gasteiger partial charge in [0, 0.05) is 0 Å². The van der Waals surface area contributed by atoms with Crippen LogP contribution in [0.2, 0.25) is 0 Å². The quantitative estimate of drug-likeness (QED) is 0.428. The zero-order valence-corrected chi connectivity index (χ0v) is 12.0. The van der Waals surface area contributed by atoms with Crippen LogP contribution in [0.25, 0.3) is 0 Å². The number of phenols is 1. The monoisotopic (exact) mass is 282 g/mol. The highest BCUT2D eigenvalue weighted by atomic mass is 16.7. The molecule has 0 amide bonds. The molecule has 0 saturated heterocycles. The second-order valence-corrected chi connectivity index (χ2v) is 4.57. The Bertz CT molecular complexity index is 442. The van der Waals surface area contributed by atoms with E-state index in [4.69, 9.17) is 9.84 Å². The molecular formula is C15H22O5. The van der Waals surface area contributed by atoms with E-state index in [1.807, 2.05) is 6.92 Å². The number of aryl methyl sites for hydroxylation is 1. The largest absolute Gasteiger partial charge is 0.511 e. The SMILES string of the molecule is CCCCCc1ccc(OC(=O)O)c(O)c1OCCC. The van der Waals surface area contributed by atoms with Gasteiger partial charge < -0.3 is 19.7 Å². The van der Waals surface area contributed by atoms with Gasteiger partial charge in [-0.1, -0.05) is 32.8 Å². The Kier molecular flexibility index (Phi) is 6.70. The molecule has 0 aromatic heterocycles. The first-order chi connectivity index (χ1) is 9.60. The Morgan fingerprint density at radius 2 is 1.95 bits per heavy atom. The molecular weight excluding hydrogens is 260 g/mol. The standard InChI is InChI=1S/C15H22O5/c1-3-5-6-7-11-8-9-12(20-15(17)18)13(16)14(11)19-10-4-2/h8-9,16H,3-7,10H2,1-2H3,(H,17,18). The zero-order chi connectivity index (χ0) is 15.0. The number of rotatable bonds is 8. The molecule has 1 rings (SSSR count). The van der Waals surface area contributed by atoms with Crippen LogP contribution in [0.5, 0.6) is 17.2 Å².